The number of Topliss-reactive ketones (excluding diaryl/α,β-unsaturated/α-hetero) is 1. The third-order valence-electron chi connectivity index (χ3n) is 2.98. The normalized spacial score (nSPS) is 11.7. The predicted octanol–water partition coefficient (Wildman–Crippen LogP) is 4.31. The van der Waals surface area contributed by atoms with E-state index >= 15 is 0 Å². The zero-order valence-corrected chi connectivity index (χ0v) is 11.7. The van der Waals surface area contributed by atoms with Crippen molar-refractivity contribution in [1.82, 2.24) is 0 Å². The number of phenols is 1. The first kappa shape index (κ1) is 14.1. The summed E-state index contributed by atoms with van der Waals surface area (Å²) in [4.78, 5) is 12.7. The highest BCUT2D eigenvalue weighted by molar-refractivity contribution is 6.29. The van der Waals surface area contributed by atoms with Gasteiger partial charge in [-0.1, -0.05) is 62.4 Å². The van der Waals surface area contributed by atoms with Crippen LogP contribution >= 0.6 is 0 Å². The molecule has 0 saturated carbocycles. The zero-order valence-electron chi connectivity index (χ0n) is 11.7. The lowest BCUT2D eigenvalue weighted by Gasteiger charge is -2.10. The Morgan fingerprint density at radius 1 is 1.00 bits per heavy atom. The van der Waals surface area contributed by atoms with Crippen molar-refractivity contribution in [2.24, 2.45) is 5.92 Å². The molecule has 2 rings (SSSR count). The minimum Gasteiger partial charge on any atom is -0.507 e. The molecular formula is C18H18O2. The van der Waals surface area contributed by atoms with Gasteiger partial charge in [-0.3, -0.25) is 4.79 Å². The molecule has 0 atom stereocenters. The quantitative estimate of drug-likeness (QED) is 0.661. The van der Waals surface area contributed by atoms with Gasteiger partial charge < -0.3 is 5.11 Å². The van der Waals surface area contributed by atoms with Crippen LogP contribution in [0.4, 0.5) is 0 Å². The van der Waals surface area contributed by atoms with E-state index in [0.29, 0.717) is 11.1 Å². The molecule has 0 radical (unpaired) electrons. The first-order valence-electron chi connectivity index (χ1n) is 6.69. The van der Waals surface area contributed by atoms with Crippen LogP contribution in [0.25, 0.3) is 5.57 Å². The minimum atomic E-state index is -0.150. The van der Waals surface area contributed by atoms with Crippen LogP contribution in [0.5, 0.6) is 5.75 Å². The second kappa shape index (κ2) is 6.20. The number of hydrogen-bond donors (Lipinski definition) is 1. The number of benzene rings is 2. The highest BCUT2D eigenvalue weighted by atomic mass is 16.3. The van der Waals surface area contributed by atoms with Gasteiger partial charge in [0.05, 0.1) is 5.56 Å². The molecule has 0 heterocycles. The summed E-state index contributed by atoms with van der Waals surface area (Å²) in [6, 6.07) is 16.2. The van der Waals surface area contributed by atoms with Crippen molar-refractivity contribution in [2.75, 3.05) is 0 Å². The summed E-state index contributed by atoms with van der Waals surface area (Å²) in [7, 11) is 0. The summed E-state index contributed by atoms with van der Waals surface area (Å²) in [5, 5.41) is 9.86. The Morgan fingerprint density at radius 3 is 2.20 bits per heavy atom. The van der Waals surface area contributed by atoms with Gasteiger partial charge in [0, 0.05) is 5.57 Å². The molecule has 0 amide bonds. The molecule has 0 spiro atoms. The molecule has 0 saturated heterocycles. The highest BCUT2D eigenvalue weighted by Gasteiger charge is 2.17. The molecule has 2 heteroatoms. The molecule has 0 bridgehead atoms. The summed E-state index contributed by atoms with van der Waals surface area (Å²) in [6.07, 6.45) is 1.93. The third kappa shape index (κ3) is 3.15. The van der Waals surface area contributed by atoms with Crippen LogP contribution in [0.15, 0.2) is 60.7 Å². The molecule has 0 aliphatic rings. The molecule has 102 valence electrons. The Kier molecular flexibility index (Phi) is 4.36. The fraction of sp³-hybridized carbons (Fsp3) is 0.167. The van der Waals surface area contributed by atoms with Crippen LogP contribution < -0.4 is 0 Å². The van der Waals surface area contributed by atoms with Gasteiger partial charge in [-0.05, 0) is 23.6 Å². The van der Waals surface area contributed by atoms with Crippen LogP contribution in [-0.4, -0.2) is 10.9 Å². The molecular weight excluding hydrogens is 248 g/mol. The van der Waals surface area contributed by atoms with Gasteiger partial charge in [0.2, 0.25) is 0 Å². The van der Waals surface area contributed by atoms with Gasteiger partial charge in [-0.25, -0.2) is 0 Å². The van der Waals surface area contributed by atoms with Crippen molar-refractivity contribution < 1.29 is 9.90 Å². The van der Waals surface area contributed by atoms with E-state index in [-0.39, 0.29) is 17.5 Å². The SMILES string of the molecule is CC(C)C=C(C(=O)c1ccccc1O)c1ccccc1. The van der Waals surface area contributed by atoms with Gasteiger partial charge in [0.1, 0.15) is 5.75 Å². The lowest BCUT2D eigenvalue weighted by molar-refractivity contribution is 0.105. The summed E-state index contributed by atoms with van der Waals surface area (Å²) in [5.41, 5.74) is 1.83. The Balaban J connectivity index is 2.49. The summed E-state index contributed by atoms with van der Waals surface area (Å²) in [6.45, 7) is 4.06. The lowest BCUT2D eigenvalue weighted by atomic mass is 9.93. The molecule has 0 fully saturated rings. The molecule has 0 aliphatic carbocycles. The van der Waals surface area contributed by atoms with Gasteiger partial charge in [-0.2, -0.15) is 0 Å². The van der Waals surface area contributed by atoms with Gasteiger partial charge >= 0.3 is 0 Å². The average molecular weight is 266 g/mol. The lowest BCUT2D eigenvalue weighted by Crippen LogP contribution is -2.04. The van der Waals surface area contributed by atoms with Crippen molar-refractivity contribution >= 4 is 11.4 Å². The van der Waals surface area contributed by atoms with Crippen molar-refractivity contribution in [3.8, 4) is 5.75 Å². The standard InChI is InChI=1S/C18H18O2/c1-13(2)12-16(14-8-4-3-5-9-14)18(20)15-10-6-7-11-17(15)19/h3-13,19H,1-2H3. The number of ketones is 1. The summed E-state index contributed by atoms with van der Waals surface area (Å²) >= 11 is 0. The van der Waals surface area contributed by atoms with Crippen LogP contribution in [0.2, 0.25) is 0 Å². The van der Waals surface area contributed by atoms with E-state index in [1.54, 1.807) is 18.2 Å². The maximum absolute atomic E-state index is 12.7. The second-order valence-corrected chi connectivity index (χ2v) is 5.04. The molecule has 2 nitrogen and oxygen atoms in total. The fourth-order valence-electron chi connectivity index (χ4n) is 2.06. The number of para-hydroxylation sites is 1. The van der Waals surface area contributed by atoms with Crippen LogP contribution in [0, 0.1) is 5.92 Å². The van der Waals surface area contributed by atoms with Crippen molar-refractivity contribution in [3.05, 3.63) is 71.8 Å². The van der Waals surface area contributed by atoms with E-state index in [1.165, 1.54) is 6.07 Å². The topological polar surface area (TPSA) is 37.3 Å². The smallest absolute Gasteiger partial charge is 0.197 e. The zero-order chi connectivity index (χ0) is 14.5. The fourth-order valence-corrected chi connectivity index (χ4v) is 2.06. The monoisotopic (exact) mass is 266 g/mol. The van der Waals surface area contributed by atoms with E-state index in [0.717, 1.165) is 5.56 Å². The summed E-state index contributed by atoms with van der Waals surface area (Å²) in [5.74, 6) is 0.117. The Hall–Kier alpha value is -2.35. The number of carbonyl (C=O) groups is 1. The molecule has 0 aliphatic heterocycles. The summed E-state index contributed by atoms with van der Waals surface area (Å²) < 4.78 is 0. The van der Waals surface area contributed by atoms with E-state index < -0.39 is 0 Å². The van der Waals surface area contributed by atoms with Gasteiger partial charge in [0.15, 0.2) is 5.78 Å². The van der Waals surface area contributed by atoms with Gasteiger partial charge in [-0.15, -0.1) is 0 Å². The molecule has 2 aromatic rings. The molecule has 2 aromatic carbocycles. The number of carbonyl (C=O) groups excluding carboxylic acids is 1. The van der Waals surface area contributed by atoms with Crippen LogP contribution in [0.1, 0.15) is 29.8 Å². The number of rotatable bonds is 4. The second-order valence-electron chi connectivity index (χ2n) is 5.04. The Labute approximate surface area is 119 Å². The van der Waals surface area contributed by atoms with Crippen molar-refractivity contribution in [1.29, 1.82) is 0 Å². The first-order chi connectivity index (χ1) is 9.59. The number of phenolic OH excluding ortho intramolecular Hbond substituents is 1. The average Bonchev–Trinajstić information content (AvgIpc) is 2.45. The highest BCUT2D eigenvalue weighted by Crippen LogP contribution is 2.26. The first-order valence-corrected chi connectivity index (χ1v) is 6.69. The Morgan fingerprint density at radius 2 is 1.60 bits per heavy atom. The largest absolute Gasteiger partial charge is 0.507 e. The molecule has 0 unspecified atom stereocenters. The van der Waals surface area contributed by atoms with E-state index in [2.05, 4.69) is 0 Å². The minimum absolute atomic E-state index is 0.0167. The van der Waals surface area contributed by atoms with E-state index in [4.69, 9.17) is 0 Å². The third-order valence-corrected chi connectivity index (χ3v) is 2.98. The number of hydrogen-bond acceptors (Lipinski definition) is 2. The molecule has 20 heavy (non-hydrogen) atoms. The van der Waals surface area contributed by atoms with Crippen LogP contribution in [-0.2, 0) is 0 Å². The number of allylic oxidation sites excluding steroid dienone is 2. The van der Waals surface area contributed by atoms with Crippen molar-refractivity contribution in [3.63, 3.8) is 0 Å². The van der Waals surface area contributed by atoms with Gasteiger partial charge in [0.25, 0.3) is 0 Å². The predicted molar refractivity (Wildman–Crippen MR) is 81.7 cm³/mol. The van der Waals surface area contributed by atoms with Crippen molar-refractivity contribution in [2.45, 2.75) is 13.8 Å². The van der Waals surface area contributed by atoms with E-state index in [1.807, 2.05) is 50.3 Å². The maximum atomic E-state index is 12.7. The maximum Gasteiger partial charge on any atom is 0.197 e. The van der Waals surface area contributed by atoms with Crippen LogP contribution in [0.3, 0.4) is 0 Å². The molecule has 0 aromatic heterocycles. The number of aromatic hydroxyl groups is 1. The molecule has 1 N–H and O–H groups in total. The Bertz CT molecular complexity index is 625. The van der Waals surface area contributed by atoms with E-state index in [9.17, 15) is 9.90 Å².